The van der Waals surface area contributed by atoms with E-state index in [1.54, 1.807) is 22.1 Å². The van der Waals surface area contributed by atoms with Gasteiger partial charge in [0.1, 0.15) is 6.54 Å². The number of benzene rings is 2. The SMILES string of the molecule is COC(=O)c1cn(CC(=O)NCCc2ccc(-c3csc(C)n3)cc2)c2ccccc12. The summed E-state index contributed by atoms with van der Waals surface area (Å²) in [5.74, 6) is -0.515. The topological polar surface area (TPSA) is 73.2 Å². The molecule has 2 aromatic carbocycles. The van der Waals surface area contributed by atoms with Gasteiger partial charge < -0.3 is 14.6 Å². The number of aromatic nitrogens is 2. The van der Waals surface area contributed by atoms with Crippen LogP contribution in [0.5, 0.6) is 0 Å². The molecule has 4 rings (SSSR count). The van der Waals surface area contributed by atoms with Crippen molar-refractivity contribution in [3.05, 3.63) is 76.2 Å². The van der Waals surface area contributed by atoms with Crippen LogP contribution in [0, 0.1) is 6.92 Å². The van der Waals surface area contributed by atoms with Crippen LogP contribution >= 0.6 is 11.3 Å². The molecule has 0 spiro atoms. The van der Waals surface area contributed by atoms with Gasteiger partial charge in [-0.1, -0.05) is 42.5 Å². The number of carbonyl (C=O) groups is 2. The van der Waals surface area contributed by atoms with Crippen LogP contribution in [-0.4, -0.2) is 35.1 Å². The van der Waals surface area contributed by atoms with E-state index in [1.165, 1.54) is 7.11 Å². The normalized spacial score (nSPS) is 10.9. The number of esters is 1. The number of nitrogens with one attached hydrogen (secondary N) is 1. The lowest BCUT2D eigenvalue weighted by Gasteiger charge is -2.08. The quantitative estimate of drug-likeness (QED) is 0.443. The third-order valence-corrected chi connectivity index (χ3v) is 5.89. The first kappa shape index (κ1) is 20.8. The number of nitrogens with zero attached hydrogens (tertiary/aromatic N) is 2. The monoisotopic (exact) mass is 433 g/mol. The van der Waals surface area contributed by atoms with Crippen molar-refractivity contribution in [3.8, 4) is 11.3 Å². The molecular weight excluding hydrogens is 410 g/mol. The highest BCUT2D eigenvalue weighted by molar-refractivity contribution is 7.09. The van der Waals surface area contributed by atoms with E-state index < -0.39 is 5.97 Å². The third kappa shape index (κ3) is 4.67. The summed E-state index contributed by atoms with van der Waals surface area (Å²) in [5, 5.41) is 6.84. The number of thiazole rings is 1. The molecule has 31 heavy (non-hydrogen) atoms. The zero-order valence-corrected chi connectivity index (χ0v) is 18.2. The maximum atomic E-state index is 12.5. The van der Waals surface area contributed by atoms with Crippen LogP contribution < -0.4 is 5.32 Å². The zero-order valence-electron chi connectivity index (χ0n) is 17.4. The Bertz CT molecular complexity index is 1220. The highest BCUT2D eigenvalue weighted by atomic mass is 32.1. The van der Waals surface area contributed by atoms with Crippen molar-refractivity contribution in [1.29, 1.82) is 0 Å². The molecule has 7 heteroatoms. The summed E-state index contributed by atoms with van der Waals surface area (Å²) in [7, 11) is 1.35. The predicted octanol–water partition coefficient (Wildman–Crippen LogP) is 4.22. The molecule has 4 aromatic rings. The maximum Gasteiger partial charge on any atom is 0.340 e. The van der Waals surface area contributed by atoms with Crippen LogP contribution in [0.2, 0.25) is 0 Å². The number of methoxy groups -OCH3 is 1. The molecule has 0 bridgehead atoms. The molecule has 1 amide bonds. The summed E-state index contributed by atoms with van der Waals surface area (Å²) in [6.45, 7) is 2.68. The van der Waals surface area contributed by atoms with E-state index in [9.17, 15) is 9.59 Å². The molecule has 158 valence electrons. The number of hydrogen-bond acceptors (Lipinski definition) is 5. The first-order chi connectivity index (χ1) is 15.0. The summed E-state index contributed by atoms with van der Waals surface area (Å²) < 4.78 is 6.64. The van der Waals surface area contributed by atoms with Crippen LogP contribution in [0.25, 0.3) is 22.2 Å². The van der Waals surface area contributed by atoms with E-state index in [2.05, 4.69) is 39.9 Å². The zero-order chi connectivity index (χ0) is 21.8. The smallest absolute Gasteiger partial charge is 0.340 e. The molecule has 0 radical (unpaired) electrons. The Labute approximate surface area is 184 Å². The van der Waals surface area contributed by atoms with Crippen molar-refractivity contribution < 1.29 is 14.3 Å². The lowest BCUT2D eigenvalue weighted by atomic mass is 10.1. The molecule has 0 aliphatic rings. The summed E-state index contributed by atoms with van der Waals surface area (Å²) in [6.07, 6.45) is 2.41. The Morgan fingerprint density at radius 2 is 1.90 bits per heavy atom. The molecular formula is C24H23N3O3S. The van der Waals surface area contributed by atoms with Gasteiger partial charge in [0.2, 0.25) is 5.91 Å². The van der Waals surface area contributed by atoms with E-state index in [0.717, 1.165) is 39.2 Å². The van der Waals surface area contributed by atoms with Gasteiger partial charge in [0.25, 0.3) is 0 Å². The minimum absolute atomic E-state index is 0.105. The molecule has 0 atom stereocenters. The molecule has 0 aliphatic carbocycles. The van der Waals surface area contributed by atoms with E-state index in [0.29, 0.717) is 12.1 Å². The summed E-state index contributed by atoms with van der Waals surface area (Å²) in [6, 6.07) is 15.7. The molecule has 0 saturated heterocycles. The van der Waals surface area contributed by atoms with E-state index in [1.807, 2.05) is 31.2 Å². The number of hydrogen-bond donors (Lipinski definition) is 1. The van der Waals surface area contributed by atoms with Crippen LogP contribution in [0.3, 0.4) is 0 Å². The Kier molecular flexibility index (Phi) is 6.13. The number of amides is 1. The van der Waals surface area contributed by atoms with Gasteiger partial charge in [0.05, 0.1) is 23.4 Å². The van der Waals surface area contributed by atoms with Gasteiger partial charge in [-0.05, 0) is 25.0 Å². The first-order valence-electron chi connectivity index (χ1n) is 9.99. The summed E-state index contributed by atoms with van der Waals surface area (Å²) in [5.41, 5.74) is 4.52. The second-order valence-electron chi connectivity index (χ2n) is 7.23. The summed E-state index contributed by atoms with van der Waals surface area (Å²) >= 11 is 1.64. The van der Waals surface area contributed by atoms with Gasteiger partial charge in [-0.15, -0.1) is 11.3 Å². The fourth-order valence-electron chi connectivity index (χ4n) is 3.55. The predicted molar refractivity (Wildman–Crippen MR) is 122 cm³/mol. The molecule has 6 nitrogen and oxygen atoms in total. The van der Waals surface area contributed by atoms with Crippen LogP contribution in [0.15, 0.2) is 60.1 Å². The summed E-state index contributed by atoms with van der Waals surface area (Å²) in [4.78, 5) is 29.0. The molecule has 1 N–H and O–H groups in total. The first-order valence-corrected chi connectivity index (χ1v) is 10.9. The minimum Gasteiger partial charge on any atom is -0.465 e. The van der Waals surface area contributed by atoms with Crippen molar-refractivity contribution in [2.45, 2.75) is 19.9 Å². The highest BCUT2D eigenvalue weighted by Crippen LogP contribution is 2.23. The second kappa shape index (κ2) is 9.14. The van der Waals surface area contributed by atoms with Gasteiger partial charge in [-0.25, -0.2) is 9.78 Å². The van der Waals surface area contributed by atoms with E-state index in [-0.39, 0.29) is 12.5 Å². The molecule has 0 unspecified atom stereocenters. The third-order valence-electron chi connectivity index (χ3n) is 5.11. The maximum absolute atomic E-state index is 12.5. The molecule has 0 fully saturated rings. The number of para-hydroxylation sites is 1. The van der Waals surface area contributed by atoms with E-state index >= 15 is 0 Å². The Morgan fingerprint density at radius 3 is 2.61 bits per heavy atom. The highest BCUT2D eigenvalue weighted by Gasteiger charge is 2.16. The van der Waals surface area contributed by atoms with Crippen molar-refractivity contribution >= 4 is 34.1 Å². The number of fused-ring (bicyclic) bond motifs is 1. The Balaban J connectivity index is 1.35. The van der Waals surface area contributed by atoms with Crippen molar-refractivity contribution in [2.75, 3.05) is 13.7 Å². The van der Waals surface area contributed by atoms with Gasteiger partial charge in [-0.2, -0.15) is 0 Å². The van der Waals surface area contributed by atoms with Crippen LogP contribution in [-0.2, 0) is 22.5 Å². The minimum atomic E-state index is -0.411. The van der Waals surface area contributed by atoms with Crippen LogP contribution in [0.4, 0.5) is 0 Å². The lowest BCUT2D eigenvalue weighted by molar-refractivity contribution is -0.121. The number of rotatable bonds is 7. The Hall–Kier alpha value is -3.45. The second-order valence-corrected chi connectivity index (χ2v) is 8.29. The van der Waals surface area contributed by atoms with Gasteiger partial charge in [0, 0.05) is 34.6 Å². The number of aryl methyl sites for hydroxylation is 1. The Morgan fingerprint density at radius 1 is 1.13 bits per heavy atom. The number of carbonyl (C=O) groups excluding carboxylic acids is 2. The fraction of sp³-hybridized carbons (Fsp3) is 0.208. The van der Waals surface area contributed by atoms with Crippen molar-refractivity contribution in [3.63, 3.8) is 0 Å². The molecule has 0 aliphatic heterocycles. The fourth-order valence-corrected chi connectivity index (χ4v) is 4.17. The van der Waals surface area contributed by atoms with E-state index in [4.69, 9.17) is 4.74 Å². The molecule has 2 aromatic heterocycles. The van der Waals surface area contributed by atoms with Gasteiger partial charge in [-0.3, -0.25) is 4.79 Å². The lowest BCUT2D eigenvalue weighted by Crippen LogP contribution is -2.29. The average molecular weight is 434 g/mol. The molecule has 2 heterocycles. The largest absolute Gasteiger partial charge is 0.465 e. The molecule has 0 saturated carbocycles. The van der Waals surface area contributed by atoms with Crippen molar-refractivity contribution in [2.24, 2.45) is 0 Å². The number of ether oxygens (including phenoxy) is 1. The average Bonchev–Trinajstić information content (AvgIpc) is 3.38. The van der Waals surface area contributed by atoms with Gasteiger partial charge >= 0.3 is 5.97 Å². The van der Waals surface area contributed by atoms with Crippen molar-refractivity contribution in [1.82, 2.24) is 14.9 Å². The van der Waals surface area contributed by atoms with Crippen LogP contribution in [0.1, 0.15) is 20.9 Å². The van der Waals surface area contributed by atoms with Gasteiger partial charge in [0.15, 0.2) is 0 Å². The standard InChI is InChI=1S/C24H23N3O3S/c1-16-26-21(15-31-16)18-9-7-17(8-10-18)11-12-25-23(28)14-27-13-20(24(29)30-2)19-5-3-4-6-22(19)27/h3-10,13,15H,11-12,14H2,1-2H3,(H,25,28).